The highest BCUT2D eigenvalue weighted by Gasteiger charge is 2.16. The van der Waals surface area contributed by atoms with Gasteiger partial charge in [-0.25, -0.2) is 0 Å². The molecule has 0 radical (unpaired) electrons. The van der Waals surface area contributed by atoms with Crippen molar-refractivity contribution >= 4 is 10.8 Å². The van der Waals surface area contributed by atoms with Crippen molar-refractivity contribution in [3.8, 4) is 34.1 Å². The number of phenols is 4. The van der Waals surface area contributed by atoms with Crippen molar-refractivity contribution in [2.24, 2.45) is 0 Å². The van der Waals surface area contributed by atoms with Crippen LogP contribution >= 0.6 is 0 Å². The molecule has 20 heavy (non-hydrogen) atoms. The fourth-order valence-corrected chi connectivity index (χ4v) is 2.31. The third-order valence-electron chi connectivity index (χ3n) is 3.23. The Morgan fingerprint density at radius 3 is 2.10 bits per heavy atom. The second kappa shape index (κ2) is 4.35. The van der Waals surface area contributed by atoms with Crippen LogP contribution in [0.2, 0.25) is 0 Å². The maximum absolute atomic E-state index is 10.1. The van der Waals surface area contributed by atoms with Crippen molar-refractivity contribution in [3.05, 3.63) is 48.5 Å². The lowest BCUT2D eigenvalue weighted by atomic mass is 9.98. The number of hydrogen-bond acceptors (Lipinski definition) is 4. The third-order valence-corrected chi connectivity index (χ3v) is 3.23. The maximum Gasteiger partial charge on any atom is 0.169 e. The van der Waals surface area contributed by atoms with E-state index < -0.39 is 5.75 Å². The van der Waals surface area contributed by atoms with Gasteiger partial charge in [0.2, 0.25) is 0 Å². The molecule has 0 saturated carbocycles. The zero-order chi connectivity index (χ0) is 14.3. The summed E-state index contributed by atoms with van der Waals surface area (Å²) in [6, 6.07) is 13.2. The van der Waals surface area contributed by atoms with Gasteiger partial charge in [0.15, 0.2) is 11.5 Å². The Bertz CT molecular complexity index is 795. The Hall–Kier alpha value is -2.88. The molecule has 0 saturated heterocycles. The third kappa shape index (κ3) is 1.78. The molecule has 0 atom stereocenters. The molecule has 0 fully saturated rings. The highest BCUT2D eigenvalue weighted by atomic mass is 16.3. The minimum atomic E-state index is -0.404. The summed E-state index contributed by atoms with van der Waals surface area (Å²) in [5.41, 5.74) is 1.16. The summed E-state index contributed by atoms with van der Waals surface area (Å²) in [7, 11) is 0. The van der Waals surface area contributed by atoms with E-state index in [2.05, 4.69) is 0 Å². The van der Waals surface area contributed by atoms with Crippen LogP contribution in [0.25, 0.3) is 21.9 Å². The molecule has 0 spiro atoms. The van der Waals surface area contributed by atoms with E-state index in [1.165, 1.54) is 6.07 Å². The normalized spacial score (nSPS) is 10.8. The van der Waals surface area contributed by atoms with Gasteiger partial charge >= 0.3 is 0 Å². The van der Waals surface area contributed by atoms with Gasteiger partial charge in [-0.2, -0.15) is 0 Å². The maximum atomic E-state index is 10.1. The molecule has 0 aliphatic rings. The molecule has 0 heterocycles. The van der Waals surface area contributed by atoms with Crippen LogP contribution in [0, 0.1) is 0 Å². The van der Waals surface area contributed by atoms with E-state index in [1.54, 1.807) is 18.2 Å². The molecule has 100 valence electrons. The first-order chi connectivity index (χ1) is 9.58. The van der Waals surface area contributed by atoms with Gasteiger partial charge in [-0.1, -0.05) is 30.3 Å². The number of phenolic OH excluding ortho intramolecular Hbond substituents is 4. The van der Waals surface area contributed by atoms with Crippen LogP contribution in [0.1, 0.15) is 0 Å². The van der Waals surface area contributed by atoms with Gasteiger partial charge in [0, 0.05) is 11.6 Å². The number of rotatable bonds is 1. The zero-order valence-electron chi connectivity index (χ0n) is 10.4. The van der Waals surface area contributed by atoms with Crippen molar-refractivity contribution in [2.75, 3.05) is 0 Å². The SMILES string of the molecule is Oc1cc(O)c2c(O)c(O)c(-c3ccccc3)cc2c1. The van der Waals surface area contributed by atoms with E-state index >= 15 is 0 Å². The molecule has 0 aliphatic carbocycles. The highest BCUT2D eigenvalue weighted by molar-refractivity contribution is 6.00. The molecule has 3 aromatic carbocycles. The van der Waals surface area contributed by atoms with Crippen LogP contribution in [0.3, 0.4) is 0 Å². The zero-order valence-corrected chi connectivity index (χ0v) is 10.4. The first kappa shape index (κ1) is 12.2. The predicted molar refractivity (Wildman–Crippen MR) is 76.0 cm³/mol. The fourth-order valence-electron chi connectivity index (χ4n) is 2.31. The number of aromatic hydroxyl groups is 4. The second-order valence-electron chi connectivity index (χ2n) is 4.55. The highest BCUT2D eigenvalue weighted by Crippen LogP contribution is 2.46. The number of benzene rings is 3. The van der Waals surface area contributed by atoms with E-state index in [-0.39, 0.29) is 22.6 Å². The van der Waals surface area contributed by atoms with Crippen molar-refractivity contribution in [2.45, 2.75) is 0 Å². The number of fused-ring (bicyclic) bond motifs is 1. The lowest BCUT2D eigenvalue weighted by Gasteiger charge is -2.11. The van der Waals surface area contributed by atoms with Crippen LogP contribution in [0.15, 0.2) is 48.5 Å². The van der Waals surface area contributed by atoms with Crippen molar-refractivity contribution < 1.29 is 20.4 Å². The lowest BCUT2D eigenvalue weighted by molar-refractivity contribution is 0.406. The molecule has 0 aromatic heterocycles. The molecule has 4 N–H and O–H groups in total. The molecule has 3 aromatic rings. The molecule has 0 aliphatic heterocycles. The lowest BCUT2D eigenvalue weighted by Crippen LogP contribution is -1.83. The second-order valence-corrected chi connectivity index (χ2v) is 4.55. The summed E-state index contributed by atoms with van der Waals surface area (Å²) in [6.07, 6.45) is 0. The fraction of sp³-hybridized carbons (Fsp3) is 0. The Kier molecular flexibility index (Phi) is 2.64. The van der Waals surface area contributed by atoms with Gasteiger partial charge in [-0.3, -0.25) is 0 Å². The summed E-state index contributed by atoms with van der Waals surface area (Å²) in [5, 5.41) is 40.1. The molecule has 0 bridgehead atoms. The first-order valence-corrected chi connectivity index (χ1v) is 6.04. The van der Waals surface area contributed by atoms with Crippen LogP contribution in [-0.2, 0) is 0 Å². The minimum Gasteiger partial charge on any atom is -0.508 e. The number of hydrogen-bond donors (Lipinski definition) is 4. The Balaban J connectivity index is 2.39. The van der Waals surface area contributed by atoms with Crippen LogP contribution < -0.4 is 0 Å². The molecular weight excluding hydrogens is 256 g/mol. The summed E-state index contributed by atoms with van der Waals surface area (Å²) in [6.45, 7) is 0. The summed E-state index contributed by atoms with van der Waals surface area (Å²) in [5.74, 6) is -1.10. The molecule has 0 unspecified atom stereocenters. The average molecular weight is 268 g/mol. The minimum absolute atomic E-state index is 0.111. The molecule has 4 heteroatoms. The molecular formula is C16H12O4. The Morgan fingerprint density at radius 1 is 0.700 bits per heavy atom. The topological polar surface area (TPSA) is 80.9 Å². The summed E-state index contributed by atoms with van der Waals surface area (Å²) in [4.78, 5) is 0. The standard InChI is InChI=1S/C16H12O4/c17-11-6-10-7-12(9-4-2-1-3-5-9)15(19)16(20)14(10)13(18)8-11/h1-8,17-20H. The Labute approximate surface area is 114 Å². The van der Waals surface area contributed by atoms with Gasteiger partial charge in [-0.05, 0) is 23.1 Å². The largest absolute Gasteiger partial charge is 0.508 e. The van der Waals surface area contributed by atoms with E-state index in [0.29, 0.717) is 10.9 Å². The van der Waals surface area contributed by atoms with Crippen LogP contribution in [-0.4, -0.2) is 20.4 Å². The van der Waals surface area contributed by atoms with Gasteiger partial charge < -0.3 is 20.4 Å². The molecule has 4 nitrogen and oxygen atoms in total. The average Bonchev–Trinajstić information content (AvgIpc) is 2.43. The van der Waals surface area contributed by atoms with Crippen molar-refractivity contribution in [1.29, 1.82) is 0 Å². The van der Waals surface area contributed by atoms with Crippen molar-refractivity contribution in [1.82, 2.24) is 0 Å². The Morgan fingerprint density at radius 2 is 1.40 bits per heavy atom. The van der Waals surface area contributed by atoms with Gasteiger partial charge in [0.05, 0.1) is 5.39 Å². The van der Waals surface area contributed by atoms with E-state index in [9.17, 15) is 20.4 Å². The molecule has 0 amide bonds. The quantitative estimate of drug-likeness (QED) is 0.510. The first-order valence-electron chi connectivity index (χ1n) is 6.04. The van der Waals surface area contributed by atoms with Crippen molar-refractivity contribution in [3.63, 3.8) is 0 Å². The summed E-state index contributed by atoms with van der Waals surface area (Å²) < 4.78 is 0. The van der Waals surface area contributed by atoms with Crippen LogP contribution in [0.5, 0.6) is 23.0 Å². The van der Waals surface area contributed by atoms with Gasteiger partial charge in [-0.15, -0.1) is 0 Å². The van der Waals surface area contributed by atoms with E-state index in [4.69, 9.17) is 0 Å². The van der Waals surface area contributed by atoms with E-state index in [1.807, 2.05) is 18.2 Å². The predicted octanol–water partition coefficient (Wildman–Crippen LogP) is 3.33. The van der Waals surface area contributed by atoms with Crippen LogP contribution in [0.4, 0.5) is 0 Å². The monoisotopic (exact) mass is 268 g/mol. The van der Waals surface area contributed by atoms with Gasteiger partial charge in [0.25, 0.3) is 0 Å². The molecule has 3 rings (SSSR count). The smallest absolute Gasteiger partial charge is 0.169 e. The summed E-state index contributed by atoms with van der Waals surface area (Å²) >= 11 is 0. The van der Waals surface area contributed by atoms with Gasteiger partial charge in [0.1, 0.15) is 11.5 Å². The van der Waals surface area contributed by atoms with E-state index in [0.717, 1.165) is 11.6 Å².